The fourth-order valence-corrected chi connectivity index (χ4v) is 2.46. The van der Waals surface area contributed by atoms with Crippen molar-refractivity contribution in [2.45, 2.75) is 6.92 Å². The number of amides is 1. The number of hydrazone groups is 1. The fraction of sp³-hybridized carbons (Fsp3) is 0.0909. The summed E-state index contributed by atoms with van der Waals surface area (Å²) in [6.45, 7) is 1.90. The highest BCUT2D eigenvalue weighted by atomic mass is 16.5. The molecule has 3 rings (SSSR count). The number of ether oxygens (including phenoxy) is 1. The zero-order chi connectivity index (χ0) is 18.2. The molecule has 0 fully saturated rings. The summed E-state index contributed by atoms with van der Waals surface area (Å²) in [5, 5.41) is 3.97. The van der Waals surface area contributed by atoms with E-state index in [9.17, 15) is 4.79 Å². The Morgan fingerprint density at radius 2 is 1.69 bits per heavy atom. The second-order valence-electron chi connectivity index (χ2n) is 5.89. The average molecular weight is 344 g/mol. The van der Waals surface area contributed by atoms with Crippen LogP contribution in [-0.2, 0) is 4.79 Å². The van der Waals surface area contributed by atoms with Crippen molar-refractivity contribution in [2.24, 2.45) is 5.10 Å². The molecule has 0 spiro atoms. The van der Waals surface area contributed by atoms with Crippen LogP contribution in [0, 0.1) is 6.92 Å². The van der Waals surface area contributed by atoms with Gasteiger partial charge >= 0.3 is 0 Å². The van der Waals surface area contributed by atoms with Crippen molar-refractivity contribution in [2.75, 3.05) is 6.61 Å². The molecule has 0 saturated heterocycles. The van der Waals surface area contributed by atoms with Crippen molar-refractivity contribution < 1.29 is 9.53 Å². The molecule has 3 aromatic rings. The highest BCUT2D eigenvalue weighted by Crippen LogP contribution is 2.18. The van der Waals surface area contributed by atoms with Crippen molar-refractivity contribution in [3.63, 3.8) is 0 Å². The molecule has 130 valence electrons. The van der Waals surface area contributed by atoms with Gasteiger partial charge in [-0.3, -0.25) is 4.79 Å². The van der Waals surface area contributed by atoms with Crippen LogP contribution in [-0.4, -0.2) is 18.7 Å². The fourth-order valence-electron chi connectivity index (χ4n) is 2.46. The van der Waals surface area contributed by atoms with Gasteiger partial charge in [0, 0.05) is 0 Å². The Labute approximate surface area is 153 Å². The molecule has 26 heavy (non-hydrogen) atoms. The van der Waals surface area contributed by atoms with Gasteiger partial charge < -0.3 is 4.74 Å². The third-order valence-corrected chi connectivity index (χ3v) is 3.78. The smallest absolute Gasteiger partial charge is 0.277 e. The Bertz CT molecular complexity index is 888. The van der Waals surface area contributed by atoms with Crippen LogP contribution in [0.1, 0.15) is 11.1 Å². The molecular weight excluding hydrogens is 324 g/mol. The first-order valence-corrected chi connectivity index (χ1v) is 8.37. The normalized spacial score (nSPS) is 10.7. The number of aryl methyl sites for hydroxylation is 1. The second kappa shape index (κ2) is 8.62. The lowest BCUT2D eigenvalue weighted by atomic mass is 10.0. The Morgan fingerprint density at radius 3 is 2.42 bits per heavy atom. The maximum Gasteiger partial charge on any atom is 0.277 e. The summed E-state index contributed by atoms with van der Waals surface area (Å²) in [6, 6.07) is 25.7. The molecule has 0 aromatic heterocycles. The minimum absolute atomic E-state index is 0.0757. The average Bonchev–Trinajstić information content (AvgIpc) is 2.68. The van der Waals surface area contributed by atoms with E-state index in [1.165, 1.54) is 0 Å². The van der Waals surface area contributed by atoms with Gasteiger partial charge in [0.05, 0.1) is 6.21 Å². The van der Waals surface area contributed by atoms with E-state index in [1.807, 2.05) is 73.7 Å². The molecule has 1 amide bonds. The molecule has 1 N–H and O–H groups in total. The largest absolute Gasteiger partial charge is 0.484 e. The molecule has 0 unspecified atom stereocenters. The van der Waals surface area contributed by atoms with E-state index in [0.29, 0.717) is 5.75 Å². The molecule has 4 heteroatoms. The van der Waals surface area contributed by atoms with Gasteiger partial charge in [-0.25, -0.2) is 5.43 Å². The third-order valence-electron chi connectivity index (χ3n) is 3.78. The van der Waals surface area contributed by atoms with Gasteiger partial charge in [0.1, 0.15) is 5.75 Å². The summed E-state index contributed by atoms with van der Waals surface area (Å²) in [7, 11) is 0. The molecule has 3 aromatic carbocycles. The van der Waals surface area contributed by atoms with Crippen molar-refractivity contribution >= 4 is 12.1 Å². The highest BCUT2D eigenvalue weighted by Gasteiger charge is 2.01. The van der Waals surface area contributed by atoms with Gasteiger partial charge in [0.2, 0.25) is 0 Å². The summed E-state index contributed by atoms with van der Waals surface area (Å²) in [5.41, 5.74) is 6.76. The van der Waals surface area contributed by atoms with Crippen LogP contribution in [0.4, 0.5) is 0 Å². The Morgan fingerprint density at radius 1 is 0.962 bits per heavy atom. The standard InChI is InChI=1S/C22H20N2O2/c1-17-6-5-9-21(14-17)26-16-22(25)24-23-15-18-10-12-20(13-11-18)19-7-3-2-4-8-19/h2-15H,16H2,1H3,(H,24,25). The quantitative estimate of drug-likeness (QED) is 0.538. The lowest BCUT2D eigenvalue weighted by Crippen LogP contribution is -2.24. The Balaban J connectivity index is 1.49. The second-order valence-corrected chi connectivity index (χ2v) is 5.89. The van der Waals surface area contributed by atoms with Gasteiger partial charge in [-0.2, -0.15) is 5.10 Å². The molecule has 0 bridgehead atoms. The maximum atomic E-state index is 11.8. The molecule has 0 saturated carbocycles. The molecule has 0 aliphatic carbocycles. The molecule has 0 aliphatic rings. The topological polar surface area (TPSA) is 50.7 Å². The van der Waals surface area contributed by atoms with Gasteiger partial charge in [-0.15, -0.1) is 0 Å². The van der Waals surface area contributed by atoms with E-state index in [2.05, 4.69) is 22.7 Å². The van der Waals surface area contributed by atoms with E-state index >= 15 is 0 Å². The van der Waals surface area contributed by atoms with Crippen LogP contribution < -0.4 is 10.2 Å². The van der Waals surface area contributed by atoms with Crippen LogP contribution in [0.25, 0.3) is 11.1 Å². The first-order valence-electron chi connectivity index (χ1n) is 8.37. The summed E-state index contributed by atoms with van der Waals surface area (Å²) in [6.07, 6.45) is 1.61. The number of hydrogen-bond acceptors (Lipinski definition) is 3. The highest BCUT2D eigenvalue weighted by molar-refractivity contribution is 5.83. The predicted molar refractivity (Wildman–Crippen MR) is 104 cm³/mol. The summed E-state index contributed by atoms with van der Waals surface area (Å²) in [5.74, 6) is 0.365. The number of rotatable bonds is 6. The number of nitrogens with one attached hydrogen (secondary N) is 1. The van der Waals surface area contributed by atoms with E-state index in [-0.39, 0.29) is 12.5 Å². The van der Waals surface area contributed by atoms with Crippen LogP contribution >= 0.6 is 0 Å². The van der Waals surface area contributed by atoms with Crippen LogP contribution in [0.2, 0.25) is 0 Å². The van der Waals surface area contributed by atoms with E-state index < -0.39 is 0 Å². The predicted octanol–water partition coefficient (Wildman–Crippen LogP) is 4.19. The molecule has 0 atom stereocenters. The van der Waals surface area contributed by atoms with Crippen LogP contribution in [0.5, 0.6) is 5.75 Å². The van der Waals surface area contributed by atoms with Crippen molar-refractivity contribution in [3.05, 3.63) is 90.0 Å². The van der Waals surface area contributed by atoms with Crippen LogP contribution in [0.3, 0.4) is 0 Å². The lowest BCUT2D eigenvalue weighted by molar-refractivity contribution is -0.123. The van der Waals surface area contributed by atoms with Gasteiger partial charge in [-0.05, 0) is 41.3 Å². The first-order chi connectivity index (χ1) is 12.7. The summed E-state index contributed by atoms with van der Waals surface area (Å²) >= 11 is 0. The van der Waals surface area contributed by atoms with Gasteiger partial charge in [0.15, 0.2) is 6.61 Å². The maximum absolute atomic E-state index is 11.8. The molecule has 0 radical (unpaired) electrons. The number of carbonyl (C=O) groups is 1. The lowest BCUT2D eigenvalue weighted by Gasteiger charge is -2.05. The Hall–Kier alpha value is -3.40. The van der Waals surface area contributed by atoms with Crippen LogP contribution in [0.15, 0.2) is 84.0 Å². The van der Waals surface area contributed by atoms with E-state index in [4.69, 9.17) is 4.74 Å². The SMILES string of the molecule is Cc1cccc(OCC(=O)NN=Cc2ccc(-c3ccccc3)cc2)c1. The number of hydrogen-bond donors (Lipinski definition) is 1. The monoisotopic (exact) mass is 344 g/mol. The molecule has 0 heterocycles. The summed E-state index contributed by atoms with van der Waals surface area (Å²) in [4.78, 5) is 11.8. The number of carbonyl (C=O) groups excluding carboxylic acids is 1. The Kier molecular flexibility index (Phi) is 5.78. The zero-order valence-electron chi connectivity index (χ0n) is 14.6. The first kappa shape index (κ1) is 17.4. The molecular formula is C22H20N2O2. The number of nitrogens with zero attached hydrogens (tertiary/aromatic N) is 1. The molecule has 4 nitrogen and oxygen atoms in total. The minimum Gasteiger partial charge on any atom is -0.484 e. The van der Waals surface area contributed by atoms with E-state index in [1.54, 1.807) is 6.21 Å². The summed E-state index contributed by atoms with van der Waals surface area (Å²) < 4.78 is 5.43. The minimum atomic E-state index is -0.302. The van der Waals surface area contributed by atoms with E-state index in [0.717, 1.165) is 22.3 Å². The van der Waals surface area contributed by atoms with Crippen molar-refractivity contribution in [1.29, 1.82) is 0 Å². The van der Waals surface area contributed by atoms with Crippen molar-refractivity contribution in [1.82, 2.24) is 5.43 Å². The number of benzene rings is 3. The third kappa shape index (κ3) is 5.05. The van der Waals surface area contributed by atoms with Gasteiger partial charge in [0.25, 0.3) is 5.91 Å². The van der Waals surface area contributed by atoms with Gasteiger partial charge in [-0.1, -0.05) is 66.7 Å². The molecule has 0 aliphatic heterocycles. The zero-order valence-corrected chi connectivity index (χ0v) is 14.6. The van der Waals surface area contributed by atoms with Crippen molar-refractivity contribution in [3.8, 4) is 16.9 Å².